The molecule has 0 unspecified atom stereocenters. The highest BCUT2D eigenvalue weighted by Crippen LogP contribution is 2.06. The van der Waals surface area contributed by atoms with Gasteiger partial charge in [-0.1, -0.05) is 31.2 Å². The fourth-order valence-corrected chi connectivity index (χ4v) is 2.23. The number of ketones is 1. The lowest BCUT2D eigenvalue weighted by molar-refractivity contribution is -0.131. The second-order valence-corrected chi connectivity index (χ2v) is 5.21. The molecule has 0 aliphatic carbocycles. The quantitative estimate of drug-likeness (QED) is 0.689. The van der Waals surface area contributed by atoms with Crippen LogP contribution in [0.4, 0.5) is 0 Å². The maximum atomic E-state index is 12.2. The number of aryl methyl sites for hydroxylation is 1. The minimum atomic E-state index is 0.0486. The Morgan fingerprint density at radius 2 is 1.52 bits per heavy atom. The number of likely N-dealkylation sites (N-methyl/N-ethyl adjacent to an activating group) is 2. The molecular weight excluding hydrogens is 264 g/mol. The van der Waals surface area contributed by atoms with Crippen LogP contribution in [0.5, 0.6) is 0 Å². The second kappa shape index (κ2) is 8.57. The van der Waals surface area contributed by atoms with Gasteiger partial charge in [-0.15, -0.1) is 0 Å². The molecule has 0 spiro atoms. The van der Waals surface area contributed by atoms with E-state index in [1.54, 1.807) is 16.8 Å². The van der Waals surface area contributed by atoms with Gasteiger partial charge in [-0.05, 0) is 32.9 Å². The molecule has 1 amide bonds. The molecule has 0 aromatic heterocycles. The van der Waals surface area contributed by atoms with E-state index in [0.29, 0.717) is 18.7 Å². The van der Waals surface area contributed by atoms with Gasteiger partial charge in [-0.2, -0.15) is 0 Å². The Bertz CT molecular complexity index is 464. The monoisotopic (exact) mass is 290 g/mol. The van der Waals surface area contributed by atoms with Crippen LogP contribution in [0, 0.1) is 0 Å². The van der Waals surface area contributed by atoms with Gasteiger partial charge in [0.1, 0.15) is 0 Å². The Morgan fingerprint density at radius 1 is 0.952 bits per heavy atom. The molecule has 0 saturated carbocycles. The van der Waals surface area contributed by atoms with Crippen molar-refractivity contribution in [1.82, 2.24) is 9.80 Å². The fourth-order valence-electron chi connectivity index (χ4n) is 2.23. The predicted octanol–water partition coefficient (Wildman–Crippen LogP) is 2.23. The fraction of sp³-hybridized carbons (Fsp3) is 0.529. The average molecular weight is 290 g/mol. The van der Waals surface area contributed by atoms with Crippen molar-refractivity contribution in [3.8, 4) is 0 Å². The molecule has 1 aromatic rings. The zero-order chi connectivity index (χ0) is 15.8. The van der Waals surface area contributed by atoms with Crippen molar-refractivity contribution < 1.29 is 9.59 Å². The van der Waals surface area contributed by atoms with Crippen molar-refractivity contribution in [2.75, 3.05) is 33.2 Å². The topological polar surface area (TPSA) is 40.6 Å². The van der Waals surface area contributed by atoms with Gasteiger partial charge in [-0.25, -0.2) is 0 Å². The van der Waals surface area contributed by atoms with Crippen molar-refractivity contribution in [2.24, 2.45) is 0 Å². The van der Waals surface area contributed by atoms with Crippen LogP contribution in [0.3, 0.4) is 0 Å². The number of nitrogens with zero attached hydrogens (tertiary/aromatic N) is 2. The molecule has 0 aliphatic rings. The average Bonchev–Trinajstić information content (AvgIpc) is 2.48. The molecule has 0 radical (unpaired) electrons. The summed E-state index contributed by atoms with van der Waals surface area (Å²) in [4.78, 5) is 27.7. The molecule has 0 atom stereocenters. The number of rotatable bonds is 8. The van der Waals surface area contributed by atoms with Gasteiger partial charge in [0.15, 0.2) is 5.78 Å². The van der Waals surface area contributed by atoms with Gasteiger partial charge < -0.3 is 4.90 Å². The summed E-state index contributed by atoms with van der Waals surface area (Å²) in [5.74, 6) is 0.115. The second-order valence-electron chi connectivity index (χ2n) is 5.21. The first-order valence-electron chi connectivity index (χ1n) is 7.60. The van der Waals surface area contributed by atoms with E-state index in [0.717, 1.165) is 6.42 Å². The summed E-state index contributed by atoms with van der Waals surface area (Å²) in [5.41, 5.74) is 1.92. The first-order valence-corrected chi connectivity index (χ1v) is 7.60. The molecule has 4 nitrogen and oxygen atoms in total. The van der Waals surface area contributed by atoms with Crippen LogP contribution in [-0.2, 0) is 11.2 Å². The van der Waals surface area contributed by atoms with Crippen molar-refractivity contribution in [1.29, 1.82) is 0 Å². The van der Waals surface area contributed by atoms with Crippen LogP contribution in [0.25, 0.3) is 0 Å². The molecule has 0 N–H and O–H groups in total. The molecular formula is C17H26N2O2. The Hall–Kier alpha value is -1.68. The van der Waals surface area contributed by atoms with E-state index in [1.807, 2.05) is 38.1 Å². The standard InChI is InChI=1S/C17H26N2O2/c1-5-14-8-10-15(11-9-14)16(20)12-18(4)13-17(21)19(6-2)7-3/h8-11H,5-7,12-13H2,1-4H3. The van der Waals surface area contributed by atoms with Crippen LogP contribution in [-0.4, -0.2) is 54.7 Å². The minimum Gasteiger partial charge on any atom is -0.342 e. The zero-order valence-electron chi connectivity index (χ0n) is 13.6. The maximum Gasteiger partial charge on any atom is 0.236 e. The first-order chi connectivity index (χ1) is 10.0. The first kappa shape index (κ1) is 17.4. The van der Waals surface area contributed by atoms with E-state index in [9.17, 15) is 9.59 Å². The van der Waals surface area contributed by atoms with E-state index in [-0.39, 0.29) is 24.8 Å². The Kier molecular flexibility index (Phi) is 7.09. The van der Waals surface area contributed by atoms with Gasteiger partial charge in [0.25, 0.3) is 0 Å². The molecule has 1 rings (SSSR count). The molecule has 21 heavy (non-hydrogen) atoms. The SMILES string of the molecule is CCc1ccc(C(=O)CN(C)CC(=O)N(CC)CC)cc1. The van der Waals surface area contributed by atoms with Crippen LogP contribution in [0.1, 0.15) is 36.7 Å². The highest BCUT2D eigenvalue weighted by Gasteiger charge is 2.15. The Morgan fingerprint density at radius 3 is 2.00 bits per heavy atom. The number of benzene rings is 1. The van der Waals surface area contributed by atoms with Crippen molar-refractivity contribution >= 4 is 11.7 Å². The molecule has 1 aromatic carbocycles. The summed E-state index contributed by atoms with van der Waals surface area (Å²) < 4.78 is 0. The predicted molar refractivity (Wildman–Crippen MR) is 85.6 cm³/mol. The number of carbonyl (C=O) groups is 2. The molecule has 0 heterocycles. The summed E-state index contributed by atoms with van der Waals surface area (Å²) >= 11 is 0. The normalized spacial score (nSPS) is 10.7. The summed E-state index contributed by atoms with van der Waals surface area (Å²) in [6.07, 6.45) is 0.965. The summed E-state index contributed by atoms with van der Waals surface area (Å²) in [5, 5.41) is 0. The van der Waals surface area contributed by atoms with Gasteiger partial charge >= 0.3 is 0 Å². The smallest absolute Gasteiger partial charge is 0.236 e. The van der Waals surface area contributed by atoms with E-state index in [4.69, 9.17) is 0 Å². The summed E-state index contributed by atoms with van der Waals surface area (Å²) in [6.45, 7) is 7.96. The summed E-state index contributed by atoms with van der Waals surface area (Å²) in [7, 11) is 1.81. The number of Topliss-reactive ketones (excluding diaryl/α,β-unsaturated/α-hetero) is 1. The van der Waals surface area contributed by atoms with Gasteiger partial charge in [0, 0.05) is 18.7 Å². The molecule has 0 saturated heterocycles. The lowest BCUT2D eigenvalue weighted by Crippen LogP contribution is -2.40. The minimum absolute atomic E-state index is 0.0486. The lowest BCUT2D eigenvalue weighted by Gasteiger charge is -2.22. The van der Waals surface area contributed by atoms with Crippen LogP contribution >= 0.6 is 0 Å². The number of amides is 1. The third kappa shape index (κ3) is 5.31. The third-order valence-corrected chi connectivity index (χ3v) is 3.62. The number of hydrogen-bond donors (Lipinski definition) is 0. The highest BCUT2D eigenvalue weighted by atomic mass is 16.2. The molecule has 0 aliphatic heterocycles. The molecule has 116 valence electrons. The molecule has 4 heteroatoms. The van der Waals surface area contributed by atoms with Crippen LogP contribution in [0.15, 0.2) is 24.3 Å². The van der Waals surface area contributed by atoms with Gasteiger partial charge in [-0.3, -0.25) is 14.5 Å². The Balaban J connectivity index is 2.55. The third-order valence-electron chi connectivity index (χ3n) is 3.62. The number of carbonyl (C=O) groups excluding carboxylic acids is 2. The zero-order valence-corrected chi connectivity index (χ0v) is 13.6. The van der Waals surface area contributed by atoms with Gasteiger partial charge in [0.2, 0.25) is 5.91 Å². The van der Waals surface area contributed by atoms with Gasteiger partial charge in [0.05, 0.1) is 13.1 Å². The van der Waals surface area contributed by atoms with Crippen molar-refractivity contribution in [3.05, 3.63) is 35.4 Å². The van der Waals surface area contributed by atoms with E-state index >= 15 is 0 Å². The maximum absolute atomic E-state index is 12.2. The van der Waals surface area contributed by atoms with Crippen molar-refractivity contribution in [3.63, 3.8) is 0 Å². The lowest BCUT2D eigenvalue weighted by atomic mass is 10.1. The van der Waals surface area contributed by atoms with E-state index in [1.165, 1.54) is 5.56 Å². The molecule has 0 fully saturated rings. The van der Waals surface area contributed by atoms with Crippen molar-refractivity contribution in [2.45, 2.75) is 27.2 Å². The largest absolute Gasteiger partial charge is 0.342 e. The number of hydrogen-bond acceptors (Lipinski definition) is 3. The molecule has 0 bridgehead atoms. The van der Waals surface area contributed by atoms with Crippen LogP contribution in [0.2, 0.25) is 0 Å². The Labute approximate surface area is 127 Å². The van der Waals surface area contributed by atoms with E-state index in [2.05, 4.69) is 6.92 Å². The summed E-state index contributed by atoms with van der Waals surface area (Å²) in [6, 6.07) is 7.69. The highest BCUT2D eigenvalue weighted by molar-refractivity contribution is 5.97. The van der Waals surface area contributed by atoms with E-state index < -0.39 is 0 Å². The van der Waals surface area contributed by atoms with Crippen LogP contribution < -0.4 is 0 Å².